The summed E-state index contributed by atoms with van der Waals surface area (Å²) in [5.41, 5.74) is -0.0219. The van der Waals surface area contributed by atoms with Gasteiger partial charge in [-0.3, -0.25) is 14.9 Å². The fourth-order valence-corrected chi connectivity index (χ4v) is 2.51. The number of benzene rings is 2. The molecule has 0 saturated carbocycles. The first-order valence-electron chi connectivity index (χ1n) is 7.40. The van der Waals surface area contributed by atoms with Crippen molar-refractivity contribution in [1.29, 1.82) is 0 Å². The van der Waals surface area contributed by atoms with Gasteiger partial charge in [-0.25, -0.2) is 9.69 Å². The normalized spacial score (nSPS) is 15.3. The lowest BCUT2D eigenvalue weighted by Gasteiger charge is -2.10. The number of nitro groups is 1. The van der Waals surface area contributed by atoms with Crippen LogP contribution < -0.4 is 15.0 Å². The summed E-state index contributed by atoms with van der Waals surface area (Å²) >= 11 is 0. The third-order valence-corrected chi connectivity index (χ3v) is 3.70. The zero-order valence-electron chi connectivity index (χ0n) is 13.5. The maximum atomic E-state index is 12.5. The number of imide groups is 1. The van der Waals surface area contributed by atoms with E-state index in [-0.39, 0.29) is 17.0 Å². The molecule has 9 heteroatoms. The number of hydrogen-bond donors (Lipinski definition) is 2. The second-order valence-electron chi connectivity index (χ2n) is 5.31. The van der Waals surface area contributed by atoms with E-state index in [9.17, 15) is 24.8 Å². The monoisotopic (exact) mass is 355 g/mol. The lowest BCUT2D eigenvalue weighted by molar-refractivity contribution is -0.386. The Hall–Kier alpha value is -3.88. The molecule has 9 nitrogen and oxygen atoms in total. The van der Waals surface area contributed by atoms with Crippen LogP contribution in [0.1, 0.15) is 5.56 Å². The van der Waals surface area contributed by atoms with Gasteiger partial charge in [0.1, 0.15) is 5.70 Å². The summed E-state index contributed by atoms with van der Waals surface area (Å²) in [7, 11) is 1.25. The van der Waals surface area contributed by atoms with E-state index in [1.807, 2.05) is 0 Å². The molecular weight excluding hydrogens is 342 g/mol. The number of nitrogens with zero attached hydrogens (tertiary/aromatic N) is 2. The van der Waals surface area contributed by atoms with E-state index in [0.717, 1.165) is 11.0 Å². The molecule has 1 fully saturated rings. The van der Waals surface area contributed by atoms with Crippen LogP contribution in [-0.4, -0.2) is 29.1 Å². The summed E-state index contributed by atoms with van der Waals surface area (Å²) in [4.78, 5) is 35.9. The largest absolute Gasteiger partial charge is 0.500 e. The first-order chi connectivity index (χ1) is 12.4. The van der Waals surface area contributed by atoms with Crippen LogP contribution in [0.2, 0.25) is 0 Å². The van der Waals surface area contributed by atoms with E-state index < -0.39 is 28.3 Å². The minimum absolute atomic E-state index is 0.0547. The number of nitrogens with one attached hydrogen (secondary N) is 1. The van der Waals surface area contributed by atoms with Gasteiger partial charge < -0.3 is 15.2 Å². The first kappa shape index (κ1) is 17.0. The van der Waals surface area contributed by atoms with Crippen molar-refractivity contribution in [2.24, 2.45) is 0 Å². The number of hydrogen-bond acceptors (Lipinski definition) is 6. The maximum absolute atomic E-state index is 12.5. The maximum Gasteiger partial charge on any atom is 0.333 e. The Kier molecular flexibility index (Phi) is 4.27. The summed E-state index contributed by atoms with van der Waals surface area (Å²) < 4.78 is 4.91. The summed E-state index contributed by atoms with van der Waals surface area (Å²) in [6.07, 6.45) is 1.28. The fourth-order valence-electron chi connectivity index (χ4n) is 2.51. The number of phenols is 1. The fraction of sp³-hybridized carbons (Fsp3) is 0.0588. The van der Waals surface area contributed by atoms with E-state index in [2.05, 4.69) is 5.32 Å². The van der Waals surface area contributed by atoms with Gasteiger partial charge in [-0.1, -0.05) is 18.2 Å². The molecule has 26 heavy (non-hydrogen) atoms. The van der Waals surface area contributed by atoms with Crippen LogP contribution in [0.15, 0.2) is 48.2 Å². The van der Waals surface area contributed by atoms with Crippen molar-refractivity contribution in [2.45, 2.75) is 0 Å². The smallest absolute Gasteiger partial charge is 0.333 e. The average molecular weight is 355 g/mol. The van der Waals surface area contributed by atoms with E-state index >= 15 is 0 Å². The van der Waals surface area contributed by atoms with Crippen molar-refractivity contribution in [3.8, 4) is 11.5 Å². The van der Waals surface area contributed by atoms with E-state index in [4.69, 9.17) is 4.74 Å². The van der Waals surface area contributed by atoms with Gasteiger partial charge in [0.2, 0.25) is 5.75 Å². The van der Waals surface area contributed by atoms with Crippen molar-refractivity contribution in [3.63, 3.8) is 0 Å². The Bertz CT molecular complexity index is 939. The van der Waals surface area contributed by atoms with Crippen molar-refractivity contribution in [1.82, 2.24) is 5.32 Å². The van der Waals surface area contributed by atoms with Gasteiger partial charge >= 0.3 is 11.7 Å². The summed E-state index contributed by atoms with van der Waals surface area (Å²) in [5.74, 6) is -1.34. The summed E-state index contributed by atoms with van der Waals surface area (Å²) in [6, 6.07) is 10.1. The first-order valence-corrected chi connectivity index (χ1v) is 7.40. The summed E-state index contributed by atoms with van der Waals surface area (Å²) in [5, 5.41) is 23.3. The molecule has 2 aromatic rings. The van der Waals surface area contributed by atoms with Gasteiger partial charge in [0, 0.05) is 6.07 Å². The quantitative estimate of drug-likeness (QED) is 0.376. The number of amides is 3. The molecule has 1 heterocycles. The SMILES string of the molecule is COc1cc(/C=C2/NC(=O)N(c3ccccc3)C2=O)cc([N+](=O)[O-])c1O. The molecule has 1 aliphatic heterocycles. The number of nitro benzene ring substituents is 1. The lowest BCUT2D eigenvalue weighted by Crippen LogP contribution is -2.30. The predicted octanol–water partition coefficient (Wildman–Crippen LogP) is 2.41. The average Bonchev–Trinajstić information content (AvgIpc) is 2.90. The molecule has 2 N–H and O–H groups in total. The molecule has 0 aromatic heterocycles. The van der Waals surface area contributed by atoms with Gasteiger partial charge in [-0.05, 0) is 29.8 Å². The molecule has 0 radical (unpaired) electrons. The third-order valence-electron chi connectivity index (χ3n) is 3.70. The minimum atomic E-state index is -0.773. The Morgan fingerprint density at radius 1 is 1.23 bits per heavy atom. The number of methoxy groups -OCH3 is 1. The van der Waals surface area contributed by atoms with Gasteiger partial charge in [-0.2, -0.15) is 0 Å². The molecule has 1 saturated heterocycles. The predicted molar refractivity (Wildman–Crippen MR) is 91.7 cm³/mol. The van der Waals surface area contributed by atoms with Crippen molar-refractivity contribution in [2.75, 3.05) is 12.0 Å². The number of aromatic hydroxyl groups is 1. The molecule has 2 aromatic carbocycles. The molecule has 3 amide bonds. The molecule has 1 aliphatic rings. The highest BCUT2D eigenvalue weighted by atomic mass is 16.6. The Balaban J connectivity index is 2.01. The molecule has 0 spiro atoms. The summed E-state index contributed by atoms with van der Waals surface area (Å²) in [6.45, 7) is 0. The van der Waals surface area contributed by atoms with Crippen LogP contribution in [0.3, 0.4) is 0 Å². The highest BCUT2D eigenvalue weighted by Gasteiger charge is 2.35. The van der Waals surface area contributed by atoms with Crippen molar-refractivity contribution < 1.29 is 24.4 Å². The van der Waals surface area contributed by atoms with Crippen LogP contribution in [0, 0.1) is 10.1 Å². The standard InChI is InChI=1S/C17H13N3O6/c1-26-14-9-10(8-13(15(14)21)20(24)25)7-12-16(22)19(17(23)18-12)11-5-3-2-4-6-11/h2-9,21H,1H3,(H,18,23)/b12-7+. The van der Waals surface area contributed by atoms with Gasteiger partial charge in [0.25, 0.3) is 5.91 Å². The second-order valence-corrected chi connectivity index (χ2v) is 5.31. The third kappa shape index (κ3) is 2.93. The zero-order chi connectivity index (χ0) is 18.8. The number of urea groups is 1. The van der Waals surface area contributed by atoms with Gasteiger partial charge in [-0.15, -0.1) is 0 Å². The molecule has 0 atom stereocenters. The number of carbonyl (C=O) groups excluding carboxylic acids is 2. The van der Waals surface area contributed by atoms with Crippen LogP contribution in [0.5, 0.6) is 11.5 Å². The van der Waals surface area contributed by atoms with Crippen LogP contribution >= 0.6 is 0 Å². The topological polar surface area (TPSA) is 122 Å². The molecule has 0 bridgehead atoms. The zero-order valence-corrected chi connectivity index (χ0v) is 13.5. The molecule has 3 rings (SSSR count). The minimum Gasteiger partial charge on any atom is -0.500 e. The number of ether oxygens (including phenoxy) is 1. The number of carbonyl (C=O) groups is 2. The Labute approximate surface area is 147 Å². The highest BCUT2D eigenvalue weighted by Crippen LogP contribution is 2.37. The highest BCUT2D eigenvalue weighted by molar-refractivity contribution is 6.28. The number of para-hydroxylation sites is 1. The van der Waals surface area contributed by atoms with Crippen LogP contribution in [-0.2, 0) is 4.79 Å². The number of rotatable bonds is 4. The molecule has 132 valence electrons. The van der Waals surface area contributed by atoms with Crippen LogP contribution in [0.25, 0.3) is 6.08 Å². The Morgan fingerprint density at radius 2 is 1.92 bits per heavy atom. The van der Waals surface area contributed by atoms with Crippen molar-refractivity contribution >= 4 is 29.4 Å². The molecular formula is C17H13N3O6. The lowest BCUT2D eigenvalue weighted by atomic mass is 10.1. The van der Waals surface area contributed by atoms with Crippen molar-refractivity contribution in [3.05, 3.63) is 63.8 Å². The second kappa shape index (κ2) is 6.55. The van der Waals surface area contributed by atoms with Gasteiger partial charge in [0.15, 0.2) is 5.75 Å². The number of anilines is 1. The molecule has 0 aliphatic carbocycles. The van der Waals surface area contributed by atoms with E-state index in [1.165, 1.54) is 19.3 Å². The van der Waals surface area contributed by atoms with Gasteiger partial charge in [0.05, 0.1) is 17.7 Å². The number of phenolic OH excluding ortho intramolecular Hbond substituents is 1. The molecule has 0 unspecified atom stereocenters. The van der Waals surface area contributed by atoms with E-state index in [1.54, 1.807) is 30.3 Å². The van der Waals surface area contributed by atoms with E-state index in [0.29, 0.717) is 5.69 Å². The Morgan fingerprint density at radius 3 is 2.54 bits per heavy atom. The van der Waals surface area contributed by atoms with Crippen LogP contribution in [0.4, 0.5) is 16.2 Å².